The van der Waals surface area contributed by atoms with Gasteiger partial charge in [0.15, 0.2) is 5.58 Å². The Bertz CT molecular complexity index is 889. The summed E-state index contributed by atoms with van der Waals surface area (Å²) in [5, 5.41) is 1.26. The number of amides is 1. The van der Waals surface area contributed by atoms with Gasteiger partial charge in [-0.2, -0.15) is 0 Å². The monoisotopic (exact) mass is 346 g/mol. The summed E-state index contributed by atoms with van der Waals surface area (Å²) in [4.78, 5) is 18.5. The number of carbonyl (C=O) groups is 1. The zero-order valence-corrected chi connectivity index (χ0v) is 13.5. The van der Waals surface area contributed by atoms with Crippen molar-refractivity contribution in [3.8, 4) is 0 Å². The molecule has 6 heteroatoms. The van der Waals surface area contributed by atoms with Crippen LogP contribution in [0.1, 0.15) is 18.2 Å². The van der Waals surface area contributed by atoms with Gasteiger partial charge in [0.25, 0.3) is 0 Å². The molecule has 23 heavy (non-hydrogen) atoms. The number of halogens is 2. The fourth-order valence-corrected chi connectivity index (χ4v) is 3.13. The van der Waals surface area contributed by atoms with E-state index in [9.17, 15) is 4.79 Å². The topological polar surface area (TPSA) is 46.3 Å². The number of rotatable bonds is 2. The summed E-state index contributed by atoms with van der Waals surface area (Å²) in [7, 11) is 0. The molecule has 0 bridgehead atoms. The zero-order chi connectivity index (χ0) is 16.0. The van der Waals surface area contributed by atoms with E-state index in [-0.39, 0.29) is 11.8 Å². The Morgan fingerprint density at radius 2 is 1.83 bits per heavy atom. The minimum atomic E-state index is -0.0654. The van der Waals surface area contributed by atoms with E-state index in [1.807, 2.05) is 12.1 Å². The minimum Gasteiger partial charge on any atom is -0.440 e. The van der Waals surface area contributed by atoms with Gasteiger partial charge in [-0.05, 0) is 42.5 Å². The van der Waals surface area contributed by atoms with Crippen LogP contribution in [-0.2, 0) is 4.79 Å². The number of nitrogens with zero attached hydrogens (tertiary/aromatic N) is 2. The molecule has 0 aliphatic carbocycles. The molecule has 0 radical (unpaired) electrons. The standard InChI is InChI=1S/C17H12Cl2N2O2/c18-11-1-4-13(5-2-11)21-9-10(7-16(21)22)17-20-14-8-12(19)3-6-15(14)23-17/h1-6,8,10H,7,9H2/t10-/m0/s1. The summed E-state index contributed by atoms with van der Waals surface area (Å²) in [5.41, 5.74) is 2.23. The van der Waals surface area contributed by atoms with Gasteiger partial charge in [0.05, 0.1) is 5.92 Å². The number of fused-ring (bicyclic) bond motifs is 1. The van der Waals surface area contributed by atoms with Crippen LogP contribution in [0.3, 0.4) is 0 Å². The average molecular weight is 347 g/mol. The van der Waals surface area contributed by atoms with E-state index < -0.39 is 0 Å². The van der Waals surface area contributed by atoms with Gasteiger partial charge < -0.3 is 9.32 Å². The lowest BCUT2D eigenvalue weighted by Crippen LogP contribution is -2.24. The van der Waals surface area contributed by atoms with Gasteiger partial charge in [0, 0.05) is 28.7 Å². The third kappa shape index (κ3) is 2.69. The van der Waals surface area contributed by atoms with Gasteiger partial charge in [0.1, 0.15) is 5.52 Å². The molecule has 0 unspecified atom stereocenters. The Balaban J connectivity index is 1.62. The molecule has 0 spiro atoms. The Hall–Kier alpha value is -2.04. The van der Waals surface area contributed by atoms with Gasteiger partial charge in [-0.25, -0.2) is 4.98 Å². The van der Waals surface area contributed by atoms with Crippen LogP contribution in [-0.4, -0.2) is 17.4 Å². The van der Waals surface area contributed by atoms with Crippen LogP contribution in [0.25, 0.3) is 11.1 Å². The lowest BCUT2D eigenvalue weighted by atomic mass is 10.1. The van der Waals surface area contributed by atoms with Crippen LogP contribution in [0, 0.1) is 0 Å². The number of benzene rings is 2. The maximum absolute atomic E-state index is 12.3. The van der Waals surface area contributed by atoms with Crippen molar-refractivity contribution in [2.75, 3.05) is 11.4 Å². The third-order valence-corrected chi connectivity index (χ3v) is 4.47. The molecule has 1 amide bonds. The molecule has 1 aromatic heterocycles. The van der Waals surface area contributed by atoms with Gasteiger partial charge in [0.2, 0.25) is 11.8 Å². The third-order valence-electron chi connectivity index (χ3n) is 3.98. The smallest absolute Gasteiger partial charge is 0.227 e. The second kappa shape index (κ2) is 5.55. The molecule has 1 atom stereocenters. The van der Waals surface area contributed by atoms with Crippen LogP contribution in [0.15, 0.2) is 46.9 Å². The normalized spacial score (nSPS) is 18.1. The zero-order valence-electron chi connectivity index (χ0n) is 12.0. The van der Waals surface area contributed by atoms with Gasteiger partial charge >= 0.3 is 0 Å². The highest BCUT2D eigenvalue weighted by Crippen LogP contribution is 2.33. The highest BCUT2D eigenvalue weighted by atomic mass is 35.5. The van der Waals surface area contributed by atoms with Crippen LogP contribution in [0.4, 0.5) is 5.69 Å². The summed E-state index contributed by atoms with van der Waals surface area (Å²) in [6.07, 6.45) is 0.378. The van der Waals surface area contributed by atoms with E-state index in [2.05, 4.69) is 4.98 Å². The van der Waals surface area contributed by atoms with Crippen molar-refractivity contribution < 1.29 is 9.21 Å². The Morgan fingerprint density at radius 1 is 1.09 bits per heavy atom. The van der Waals surface area contributed by atoms with E-state index in [0.717, 1.165) is 5.69 Å². The molecule has 1 aliphatic rings. The average Bonchev–Trinajstić information content (AvgIpc) is 3.11. The molecular weight excluding hydrogens is 335 g/mol. The molecule has 3 aromatic rings. The van der Waals surface area contributed by atoms with E-state index in [0.29, 0.717) is 40.0 Å². The molecule has 1 fully saturated rings. The molecule has 2 heterocycles. The van der Waals surface area contributed by atoms with Crippen molar-refractivity contribution in [1.82, 2.24) is 4.98 Å². The van der Waals surface area contributed by atoms with Crippen LogP contribution in [0.2, 0.25) is 10.0 Å². The quantitative estimate of drug-likeness (QED) is 0.678. The second-order valence-electron chi connectivity index (χ2n) is 5.55. The summed E-state index contributed by atoms with van der Waals surface area (Å²) >= 11 is 11.9. The van der Waals surface area contributed by atoms with Crippen molar-refractivity contribution in [1.29, 1.82) is 0 Å². The molecule has 1 aliphatic heterocycles. The predicted octanol–water partition coefficient (Wildman–Crippen LogP) is 4.66. The number of anilines is 1. The largest absolute Gasteiger partial charge is 0.440 e. The molecular formula is C17H12Cl2N2O2. The first-order valence-electron chi connectivity index (χ1n) is 7.22. The van der Waals surface area contributed by atoms with Crippen LogP contribution < -0.4 is 4.90 Å². The summed E-state index contributed by atoms with van der Waals surface area (Å²) in [5.74, 6) is 0.564. The number of hydrogen-bond acceptors (Lipinski definition) is 3. The summed E-state index contributed by atoms with van der Waals surface area (Å²) in [6.45, 7) is 0.543. The molecule has 4 nitrogen and oxygen atoms in total. The van der Waals surface area contributed by atoms with Crippen LogP contribution in [0.5, 0.6) is 0 Å². The summed E-state index contributed by atoms with van der Waals surface area (Å²) < 4.78 is 5.79. The van der Waals surface area contributed by atoms with E-state index in [1.54, 1.807) is 35.2 Å². The first kappa shape index (κ1) is 14.5. The second-order valence-corrected chi connectivity index (χ2v) is 6.42. The van der Waals surface area contributed by atoms with Gasteiger partial charge in [-0.3, -0.25) is 4.79 Å². The fraction of sp³-hybridized carbons (Fsp3) is 0.176. The Kier molecular flexibility index (Phi) is 3.51. The summed E-state index contributed by atoms with van der Waals surface area (Å²) in [6, 6.07) is 12.6. The van der Waals surface area contributed by atoms with E-state index in [4.69, 9.17) is 27.6 Å². The number of aromatic nitrogens is 1. The first-order valence-corrected chi connectivity index (χ1v) is 7.98. The Morgan fingerprint density at radius 3 is 2.61 bits per heavy atom. The van der Waals surface area contributed by atoms with Crippen LogP contribution >= 0.6 is 23.2 Å². The maximum atomic E-state index is 12.3. The molecule has 4 rings (SSSR count). The first-order chi connectivity index (χ1) is 11.1. The lowest BCUT2D eigenvalue weighted by molar-refractivity contribution is -0.117. The van der Waals surface area contributed by atoms with Gasteiger partial charge in [-0.1, -0.05) is 23.2 Å². The highest BCUT2D eigenvalue weighted by Gasteiger charge is 2.34. The van der Waals surface area contributed by atoms with Crippen molar-refractivity contribution >= 4 is 45.9 Å². The molecule has 1 saturated heterocycles. The predicted molar refractivity (Wildman–Crippen MR) is 90.2 cm³/mol. The SMILES string of the molecule is O=C1C[C@H](c2nc3cc(Cl)ccc3o2)CN1c1ccc(Cl)cc1. The maximum Gasteiger partial charge on any atom is 0.227 e. The molecule has 116 valence electrons. The van der Waals surface area contributed by atoms with Gasteiger partial charge in [-0.15, -0.1) is 0 Å². The molecule has 2 aromatic carbocycles. The molecule has 0 saturated carbocycles. The lowest BCUT2D eigenvalue weighted by Gasteiger charge is -2.16. The van der Waals surface area contributed by atoms with Crippen molar-refractivity contribution in [2.24, 2.45) is 0 Å². The van der Waals surface area contributed by atoms with Crippen molar-refractivity contribution in [2.45, 2.75) is 12.3 Å². The fourth-order valence-electron chi connectivity index (χ4n) is 2.84. The number of carbonyl (C=O) groups excluding carboxylic acids is 1. The molecule has 0 N–H and O–H groups in total. The van der Waals surface area contributed by atoms with Crippen molar-refractivity contribution in [3.05, 3.63) is 58.4 Å². The van der Waals surface area contributed by atoms with E-state index in [1.165, 1.54) is 0 Å². The number of hydrogen-bond donors (Lipinski definition) is 0. The number of oxazole rings is 1. The minimum absolute atomic E-state index is 0.0533. The van der Waals surface area contributed by atoms with Crippen molar-refractivity contribution in [3.63, 3.8) is 0 Å². The van der Waals surface area contributed by atoms with E-state index >= 15 is 0 Å². The highest BCUT2D eigenvalue weighted by molar-refractivity contribution is 6.31. The Labute approximate surface area is 142 Å².